The average Bonchev–Trinajstić information content (AvgIpc) is 3.79. The molecule has 0 amide bonds. The molecule has 11 rings (SSSR count). The molecule has 4 nitrogen and oxygen atoms in total. The highest BCUT2D eigenvalue weighted by Gasteiger charge is 2.19. The van der Waals surface area contributed by atoms with Crippen LogP contribution in [0.3, 0.4) is 0 Å². The minimum Gasteiger partial charge on any atom is -0.456 e. The van der Waals surface area contributed by atoms with Crippen LogP contribution >= 0.6 is 0 Å². The lowest BCUT2D eigenvalue weighted by Crippen LogP contribution is -2.12. The highest BCUT2D eigenvalue weighted by Crippen LogP contribution is 2.42. The molecule has 0 saturated carbocycles. The monoisotopic (exact) mass is 717 g/mol. The van der Waals surface area contributed by atoms with E-state index in [1.807, 2.05) is 12.1 Å². The number of fused-ring (bicyclic) bond motifs is 7. The van der Waals surface area contributed by atoms with Crippen LogP contribution in [0.15, 0.2) is 217 Å². The molecule has 0 aliphatic heterocycles. The lowest BCUT2D eigenvalue weighted by Gasteiger charge is -2.28. The summed E-state index contributed by atoms with van der Waals surface area (Å²) in [6.45, 7) is 0. The van der Waals surface area contributed by atoms with Gasteiger partial charge in [0.2, 0.25) is 0 Å². The fourth-order valence-corrected chi connectivity index (χ4v) is 8.35. The Balaban J connectivity index is 1.04. The van der Waals surface area contributed by atoms with Gasteiger partial charge in [0.1, 0.15) is 11.2 Å². The van der Waals surface area contributed by atoms with Crippen LogP contribution in [0.4, 0.5) is 34.1 Å². The van der Waals surface area contributed by atoms with Gasteiger partial charge < -0.3 is 18.8 Å². The standard InChI is InChI=1S/C52H35N3O/c1-4-14-38(15-5-1)53(43-25-24-36-34-52-48(33-37(36)32-43)47-21-11-13-23-51(47)56-52)41-26-28-42(29-27-41)54(39-16-6-2-7-17-39)44-30-31-46-45-20-10-12-22-49(45)55(50(46)35-44)40-18-8-3-9-19-40/h1-35H. The molecule has 0 saturated heterocycles. The maximum Gasteiger partial charge on any atom is 0.136 e. The molecule has 0 bridgehead atoms. The van der Waals surface area contributed by atoms with E-state index in [1.54, 1.807) is 0 Å². The average molecular weight is 718 g/mol. The molecule has 11 aromatic rings. The summed E-state index contributed by atoms with van der Waals surface area (Å²) in [5, 5.41) is 7.04. The van der Waals surface area contributed by atoms with Crippen molar-refractivity contribution in [1.82, 2.24) is 4.57 Å². The lowest BCUT2D eigenvalue weighted by molar-refractivity contribution is 0.669. The zero-order valence-corrected chi connectivity index (χ0v) is 30.5. The first-order chi connectivity index (χ1) is 27.8. The highest BCUT2D eigenvalue weighted by molar-refractivity contribution is 6.11. The Hall–Kier alpha value is -7.56. The first-order valence-corrected chi connectivity index (χ1v) is 19.0. The SMILES string of the molecule is c1ccc(N(c2ccc(N(c3ccccc3)c3ccc4c5ccccc5n(-c5ccccc5)c4c3)cc2)c2ccc3cc4oc5ccccc5c4cc3c2)cc1. The number of aromatic nitrogens is 1. The maximum atomic E-state index is 6.22. The molecule has 0 unspecified atom stereocenters. The first-order valence-electron chi connectivity index (χ1n) is 19.0. The number of furan rings is 1. The fourth-order valence-electron chi connectivity index (χ4n) is 8.35. The highest BCUT2D eigenvalue weighted by atomic mass is 16.3. The lowest BCUT2D eigenvalue weighted by atomic mass is 10.0. The van der Waals surface area contributed by atoms with E-state index in [0.717, 1.165) is 72.5 Å². The molecule has 56 heavy (non-hydrogen) atoms. The topological polar surface area (TPSA) is 24.6 Å². The summed E-state index contributed by atoms with van der Waals surface area (Å²) in [5.41, 5.74) is 11.8. The van der Waals surface area contributed by atoms with Crippen LogP contribution in [0.5, 0.6) is 0 Å². The molecule has 0 aliphatic carbocycles. The predicted molar refractivity (Wildman–Crippen MR) is 235 cm³/mol. The second kappa shape index (κ2) is 13.1. The second-order valence-corrected chi connectivity index (χ2v) is 14.2. The van der Waals surface area contributed by atoms with Gasteiger partial charge in [-0.2, -0.15) is 0 Å². The van der Waals surface area contributed by atoms with Crippen molar-refractivity contribution in [2.24, 2.45) is 0 Å². The van der Waals surface area contributed by atoms with Crippen molar-refractivity contribution in [3.63, 3.8) is 0 Å². The van der Waals surface area contributed by atoms with Crippen molar-refractivity contribution in [3.05, 3.63) is 212 Å². The van der Waals surface area contributed by atoms with E-state index in [1.165, 1.54) is 21.8 Å². The Bertz CT molecular complexity index is 3180. The van der Waals surface area contributed by atoms with E-state index in [9.17, 15) is 0 Å². The summed E-state index contributed by atoms with van der Waals surface area (Å²) in [7, 11) is 0. The number of benzene rings is 9. The number of hydrogen-bond donors (Lipinski definition) is 0. The van der Waals surface area contributed by atoms with Gasteiger partial charge in [0.05, 0.1) is 11.0 Å². The third-order valence-electron chi connectivity index (χ3n) is 10.9. The van der Waals surface area contributed by atoms with Gasteiger partial charge in [-0.1, -0.05) is 103 Å². The number of nitrogens with zero attached hydrogens (tertiary/aromatic N) is 3. The van der Waals surface area contributed by atoms with Crippen molar-refractivity contribution >= 4 is 88.6 Å². The first kappa shape index (κ1) is 31.9. The van der Waals surface area contributed by atoms with Gasteiger partial charge in [-0.15, -0.1) is 0 Å². The molecule has 0 fully saturated rings. The number of rotatable bonds is 7. The minimum absolute atomic E-state index is 0.908. The Morgan fingerprint density at radius 3 is 1.52 bits per heavy atom. The summed E-state index contributed by atoms with van der Waals surface area (Å²) >= 11 is 0. The molecule has 2 aromatic heterocycles. The summed E-state index contributed by atoms with van der Waals surface area (Å²) in [6.07, 6.45) is 0. The Kier molecular flexibility index (Phi) is 7.46. The van der Waals surface area contributed by atoms with Gasteiger partial charge in [-0.25, -0.2) is 0 Å². The maximum absolute atomic E-state index is 6.22. The van der Waals surface area contributed by atoms with Crippen molar-refractivity contribution in [3.8, 4) is 5.69 Å². The fraction of sp³-hybridized carbons (Fsp3) is 0. The van der Waals surface area contributed by atoms with E-state index in [2.05, 4.69) is 215 Å². The number of anilines is 6. The smallest absolute Gasteiger partial charge is 0.136 e. The van der Waals surface area contributed by atoms with E-state index in [0.29, 0.717) is 0 Å². The van der Waals surface area contributed by atoms with Gasteiger partial charge in [0.25, 0.3) is 0 Å². The Labute approximate surface area is 324 Å². The molecule has 9 aromatic carbocycles. The summed E-state index contributed by atoms with van der Waals surface area (Å²) in [5.74, 6) is 0. The molecule has 0 N–H and O–H groups in total. The molecule has 0 atom stereocenters. The van der Waals surface area contributed by atoms with Crippen LogP contribution < -0.4 is 9.80 Å². The largest absolute Gasteiger partial charge is 0.456 e. The summed E-state index contributed by atoms with van der Waals surface area (Å²) in [4.78, 5) is 4.68. The molecule has 4 heteroatoms. The van der Waals surface area contributed by atoms with Crippen molar-refractivity contribution < 1.29 is 4.42 Å². The molecular formula is C52H35N3O. The summed E-state index contributed by atoms with van der Waals surface area (Å²) in [6, 6.07) is 75.7. The zero-order chi connectivity index (χ0) is 37.0. The van der Waals surface area contributed by atoms with E-state index < -0.39 is 0 Å². The molecule has 0 radical (unpaired) electrons. The predicted octanol–water partition coefficient (Wildman–Crippen LogP) is 14.8. The van der Waals surface area contributed by atoms with Crippen LogP contribution in [-0.2, 0) is 0 Å². The van der Waals surface area contributed by atoms with Crippen LogP contribution in [0.25, 0.3) is 60.2 Å². The Morgan fingerprint density at radius 2 is 0.821 bits per heavy atom. The number of hydrogen-bond acceptors (Lipinski definition) is 3. The van der Waals surface area contributed by atoms with Gasteiger partial charge in [0, 0.05) is 61.4 Å². The van der Waals surface area contributed by atoms with Crippen LogP contribution in [0.2, 0.25) is 0 Å². The summed E-state index contributed by atoms with van der Waals surface area (Å²) < 4.78 is 8.59. The quantitative estimate of drug-likeness (QED) is 0.164. The van der Waals surface area contributed by atoms with E-state index >= 15 is 0 Å². The van der Waals surface area contributed by atoms with Crippen molar-refractivity contribution in [2.75, 3.05) is 9.80 Å². The third-order valence-corrected chi connectivity index (χ3v) is 10.9. The van der Waals surface area contributed by atoms with Crippen LogP contribution in [-0.4, -0.2) is 4.57 Å². The molecule has 264 valence electrons. The van der Waals surface area contributed by atoms with Gasteiger partial charge in [-0.05, 0) is 120 Å². The molecule has 0 aliphatic rings. The van der Waals surface area contributed by atoms with Gasteiger partial charge in [-0.3, -0.25) is 0 Å². The van der Waals surface area contributed by atoms with Crippen LogP contribution in [0.1, 0.15) is 0 Å². The van der Waals surface area contributed by atoms with E-state index in [4.69, 9.17) is 4.42 Å². The Morgan fingerprint density at radius 1 is 0.304 bits per heavy atom. The zero-order valence-electron chi connectivity index (χ0n) is 30.5. The minimum atomic E-state index is 0.908. The van der Waals surface area contributed by atoms with Gasteiger partial charge >= 0.3 is 0 Å². The normalized spacial score (nSPS) is 11.6. The van der Waals surface area contributed by atoms with Crippen LogP contribution in [0, 0.1) is 0 Å². The molecule has 2 heterocycles. The van der Waals surface area contributed by atoms with Crippen molar-refractivity contribution in [2.45, 2.75) is 0 Å². The third kappa shape index (κ3) is 5.31. The van der Waals surface area contributed by atoms with Gasteiger partial charge in [0.15, 0.2) is 0 Å². The molecular weight excluding hydrogens is 683 g/mol. The second-order valence-electron chi connectivity index (χ2n) is 14.2. The number of para-hydroxylation sites is 5. The molecule has 0 spiro atoms. The van der Waals surface area contributed by atoms with E-state index in [-0.39, 0.29) is 0 Å². The van der Waals surface area contributed by atoms with Crippen molar-refractivity contribution in [1.29, 1.82) is 0 Å².